The van der Waals surface area contributed by atoms with Gasteiger partial charge in [-0.25, -0.2) is 0 Å². The van der Waals surface area contributed by atoms with Gasteiger partial charge in [0.15, 0.2) is 18.9 Å². The molecule has 92 valence electrons. The van der Waals surface area contributed by atoms with E-state index in [-0.39, 0.29) is 24.8 Å². The Labute approximate surface area is 93.7 Å². The molecule has 0 saturated carbocycles. The van der Waals surface area contributed by atoms with E-state index < -0.39 is 0 Å². The molecule has 3 heterocycles. The predicted octanol–water partition coefficient (Wildman–Crippen LogP) is -0.279. The van der Waals surface area contributed by atoms with Gasteiger partial charge in [0.05, 0.1) is 19.8 Å². The summed E-state index contributed by atoms with van der Waals surface area (Å²) in [5, 5.41) is 0. The van der Waals surface area contributed by atoms with Crippen molar-refractivity contribution in [2.75, 3.05) is 39.6 Å². The third-order valence-corrected chi connectivity index (χ3v) is 2.46. The largest absolute Gasteiger partial charge is 0.350 e. The topological polar surface area (TPSA) is 65.3 Å². The standard InChI is InChI=1S/C10H16O6/c1(11-8-4-14-8)7(2-12-9-5-15-9)3-13-10-6-16-10/h7-10H,1-6H2. The molecule has 0 spiro atoms. The molecule has 0 aromatic rings. The predicted molar refractivity (Wildman–Crippen MR) is 50.6 cm³/mol. The smallest absolute Gasteiger partial charge is 0.181 e. The van der Waals surface area contributed by atoms with Crippen molar-refractivity contribution in [1.29, 1.82) is 0 Å². The third kappa shape index (κ3) is 3.97. The van der Waals surface area contributed by atoms with Crippen LogP contribution in [0.2, 0.25) is 0 Å². The van der Waals surface area contributed by atoms with E-state index in [4.69, 9.17) is 28.4 Å². The number of ether oxygens (including phenoxy) is 6. The second-order valence-corrected chi connectivity index (χ2v) is 4.15. The molecule has 3 unspecified atom stereocenters. The molecule has 0 N–H and O–H groups in total. The van der Waals surface area contributed by atoms with Crippen molar-refractivity contribution < 1.29 is 28.4 Å². The van der Waals surface area contributed by atoms with Gasteiger partial charge in [0.1, 0.15) is 19.8 Å². The van der Waals surface area contributed by atoms with Crippen LogP contribution in [-0.2, 0) is 28.4 Å². The first-order chi connectivity index (χ1) is 7.90. The number of hydrogen-bond donors (Lipinski definition) is 0. The van der Waals surface area contributed by atoms with E-state index >= 15 is 0 Å². The molecule has 3 aliphatic rings. The molecule has 3 aliphatic heterocycles. The second-order valence-electron chi connectivity index (χ2n) is 4.15. The van der Waals surface area contributed by atoms with E-state index in [9.17, 15) is 0 Å². The molecule has 0 aliphatic carbocycles. The van der Waals surface area contributed by atoms with Crippen LogP contribution >= 0.6 is 0 Å². The van der Waals surface area contributed by atoms with Crippen molar-refractivity contribution in [1.82, 2.24) is 0 Å². The zero-order valence-electron chi connectivity index (χ0n) is 9.00. The molecule has 3 fully saturated rings. The van der Waals surface area contributed by atoms with Crippen molar-refractivity contribution in [2.24, 2.45) is 5.92 Å². The molecule has 0 aromatic carbocycles. The minimum absolute atomic E-state index is 0.0168. The highest BCUT2D eigenvalue weighted by Crippen LogP contribution is 2.18. The summed E-state index contributed by atoms with van der Waals surface area (Å²) < 4.78 is 31.3. The lowest BCUT2D eigenvalue weighted by atomic mass is 10.2. The van der Waals surface area contributed by atoms with Crippen molar-refractivity contribution in [3.8, 4) is 0 Å². The van der Waals surface area contributed by atoms with Crippen molar-refractivity contribution in [2.45, 2.75) is 18.9 Å². The molecule has 6 heteroatoms. The van der Waals surface area contributed by atoms with Gasteiger partial charge >= 0.3 is 0 Å². The molecule has 0 bridgehead atoms. The highest BCUT2D eigenvalue weighted by atomic mass is 16.8. The van der Waals surface area contributed by atoms with E-state index in [1.54, 1.807) is 0 Å². The number of hydrogen-bond acceptors (Lipinski definition) is 6. The summed E-state index contributed by atoms with van der Waals surface area (Å²) in [5.41, 5.74) is 0. The minimum Gasteiger partial charge on any atom is -0.350 e. The Balaban J connectivity index is 1.33. The Hall–Kier alpha value is -0.240. The lowest BCUT2D eigenvalue weighted by molar-refractivity contribution is -0.0587. The van der Waals surface area contributed by atoms with E-state index in [0.717, 1.165) is 0 Å². The van der Waals surface area contributed by atoms with Gasteiger partial charge in [-0.1, -0.05) is 0 Å². The molecule has 0 amide bonds. The van der Waals surface area contributed by atoms with Gasteiger partial charge in [-0.05, 0) is 0 Å². The average molecular weight is 232 g/mol. The van der Waals surface area contributed by atoms with Crippen LogP contribution in [0.25, 0.3) is 0 Å². The van der Waals surface area contributed by atoms with Gasteiger partial charge in [0, 0.05) is 5.92 Å². The van der Waals surface area contributed by atoms with Gasteiger partial charge in [0.2, 0.25) is 0 Å². The Morgan fingerprint density at radius 1 is 0.750 bits per heavy atom. The maximum absolute atomic E-state index is 5.46. The molecule has 3 saturated heterocycles. The summed E-state index contributed by atoms with van der Waals surface area (Å²) in [6, 6.07) is 0. The van der Waals surface area contributed by atoms with Crippen LogP contribution in [0.5, 0.6) is 0 Å². The Kier molecular flexibility index (Phi) is 3.37. The monoisotopic (exact) mass is 232 g/mol. The van der Waals surface area contributed by atoms with E-state index in [0.29, 0.717) is 39.6 Å². The summed E-state index contributed by atoms with van der Waals surface area (Å²) in [7, 11) is 0. The van der Waals surface area contributed by atoms with Crippen molar-refractivity contribution in [3.63, 3.8) is 0 Å². The van der Waals surface area contributed by atoms with Crippen LogP contribution in [-0.4, -0.2) is 58.5 Å². The van der Waals surface area contributed by atoms with E-state index in [2.05, 4.69) is 0 Å². The first-order valence-electron chi connectivity index (χ1n) is 5.60. The lowest BCUT2D eigenvalue weighted by Crippen LogP contribution is -2.24. The van der Waals surface area contributed by atoms with Crippen LogP contribution in [0.4, 0.5) is 0 Å². The molecular weight excluding hydrogens is 216 g/mol. The molecule has 3 atom stereocenters. The van der Waals surface area contributed by atoms with E-state index in [1.807, 2.05) is 0 Å². The van der Waals surface area contributed by atoms with Crippen molar-refractivity contribution >= 4 is 0 Å². The summed E-state index contributed by atoms with van der Waals surface area (Å²) in [6.45, 7) is 3.86. The normalized spacial score (nSPS) is 37.1. The Bertz CT molecular complexity index is 185. The minimum atomic E-state index is -0.0168. The second kappa shape index (κ2) is 4.95. The highest BCUT2D eigenvalue weighted by Gasteiger charge is 2.29. The number of rotatable bonds is 9. The first kappa shape index (κ1) is 10.9. The van der Waals surface area contributed by atoms with Gasteiger partial charge in [-0.3, -0.25) is 0 Å². The zero-order chi connectivity index (χ0) is 10.8. The Morgan fingerprint density at radius 2 is 1.06 bits per heavy atom. The quantitative estimate of drug-likeness (QED) is 0.509. The maximum Gasteiger partial charge on any atom is 0.181 e. The SMILES string of the molecule is C(OC1CO1)C(COC1CO1)COC1CO1. The average Bonchev–Trinajstić information content (AvgIpc) is 3.15. The summed E-state index contributed by atoms with van der Waals surface area (Å²) in [6.07, 6.45) is -0.0504. The zero-order valence-corrected chi connectivity index (χ0v) is 9.00. The maximum atomic E-state index is 5.46. The molecule has 0 aromatic heterocycles. The molecule has 6 nitrogen and oxygen atoms in total. The fraction of sp³-hybridized carbons (Fsp3) is 1.00. The summed E-state index contributed by atoms with van der Waals surface area (Å²) in [4.78, 5) is 0. The molecular formula is C10H16O6. The first-order valence-corrected chi connectivity index (χ1v) is 5.60. The molecule has 3 rings (SSSR count). The summed E-state index contributed by atoms with van der Waals surface area (Å²) in [5.74, 6) is 0.206. The van der Waals surface area contributed by atoms with Gasteiger partial charge < -0.3 is 28.4 Å². The third-order valence-electron chi connectivity index (χ3n) is 2.46. The van der Waals surface area contributed by atoms with Crippen LogP contribution in [0.1, 0.15) is 0 Å². The fourth-order valence-corrected chi connectivity index (χ4v) is 1.28. The van der Waals surface area contributed by atoms with Crippen molar-refractivity contribution in [3.05, 3.63) is 0 Å². The van der Waals surface area contributed by atoms with Gasteiger partial charge in [-0.2, -0.15) is 0 Å². The number of epoxide rings is 3. The lowest BCUT2D eigenvalue weighted by Gasteiger charge is -2.15. The van der Waals surface area contributed by atoms with Crippen LogP contribution in [0.15, 0.2) is 0 Å². The van der Waals surface area contributed by atoms with Gasteiger partial charge in [-0.15, -0.1) is 0 Å². The fourth-order valence-electron chi connectivity index (χ4n) is 1.28. The van der Waals surface area contributed by atoms with Crippen LogP contribution in [0.3, 0.4) is 0 Å². The van der Waals surface area contributed by atoms with Crippen LogP contribution < -0.4 is 0 Å². The Morgan fingerprint density at radius 3 is 1.31 bits per heavy atom. The van der Waals surface area contributed by atoms with E-state index in [1.165, 1.54) is 0 Å². The highest BCUT2D eigenvalue weighted by molar-refractivity contribution is 4.65. The van der Waals surface area contributed by atoms with Crippen LogP contribution in [0, 0.1) is 5.92 Å². The van der Waals surface area contributed by atoms with Gasteiger partial charge in [0.25, 0.3) is 0 Å². The molecule has 16 heavy (non-hydrogen) atoms. The summed E-state index contributed by atoms with van der Waals surface area (Å²) >= 11 is 0. The molecule has 0 radical (unpaired) electrons.